The molecule has 0 bridgehead atoms. The molecule has 1 aromatic rings. The number of rotatable bonds is 4. The molecule has 1 atom stereocenters. The van der Waals surface area contributed by atoms with Crippen LogP contribution in [0, 0.1) is 0 Å². The summed E-state index contributed by atoms with van der Waals surface area (Å²) in [5, 5.41) is 3.13. The van der Waals surface area contributed by atoms with Gasteiger partial charge in [0.1, 0.15) is 0 Å². The van der Waals surface area contributed by atoms with E-state index in [9.17, 15) is 4.79 Å². The Labute approximate surface area is 109 Å². The van der Waals surface area contributed by atoms with E-state index in [1.807, 2.05) is 24.3 Å². The van der Waals surface area contributed by atoms with E-state index in [2.05, 4.69) is 12.2 Å². The number of anilines is 1. The van der Waals surface area contributed by atoms with Crippen molar-refractivity contribution in [1.29, 1.82) is 0 Å². The molecule has 1 aliphatic carbocycles. The molecule has 1 aromatic carbocycles. The molecule has 0 radical (unpaired) electrons. The van der Waals surface area contributed by atoms with Gasteiger partial charge in [-0.25, -0.2) is 0 Å². The van der Waals surface area contributed by atoms with Gasteiger partial charge in [-0.15, -0.1) is 0 Å². The first kappa shape index (κ1) is 12.9. The van der Waals surface area contributed by atoms with Crippen molar-refractivity contribution >= 4 is 11.6 Å². The van der Waals surface area contributed by atoms with Crippen LogP contribution in [0.1, 0.15) is 50.5 Å². The van der Waals surface area contributed by atoms with E-state index in [1.165, 1.54) is 18.4 Å². The lowest BCUT2D eigenvalue weighted by Gasteiger charge is -2.15. The summed E-state index contributed by atoms with van der Waals surface area (Å²) in [6, 6.07) is 8.20. The molecule has 3 heteroatoms. The molecule has 1 fully saturated rings. The molecule has 0 aromatic heterocycles. The number of nitrogen functional groups attached to an aromatic ring is 1. The molecule has 18 heavy (non-hydrogen) atoms. The zero-order valence-corrected chi connectivity index (χ0v) is 11.0. The van der Waals surface area contributed by atoms with Gasteiger partial charge in [-0.05, 0) is 36.5 Å². The number of carbonyl (C=O) groups is 1. The predicted octanol–water partition coefficient (Wildman–Crippen LogP) is 2.82. The summed E-state index contributed by atoms with van der Waals surface area (Å²) in [4.78, 5) is 11.9. The number of nitrogens with two attached hydrogens (primary N) is 1. The van der Waals surface area contributed by atoms with E-state index < -0.39 is 0 Å². The van der Waals surface area contributed by atoms with Gasteiger partial charge in [0.2, 0.25) is 5.91 Å². The van der Waals surface area contributed by atoms with E-state index in [0.717, 1.165) is 18.5 Å². The van der Waals surface area contributed by atoms with Crippen LogP contribution < -0.4 is 11.1 Å². The minimum absolute atomic E-state index is 0.172. The first-order chi connectivity index (χ1) is 8.65. The predicted molar refractivity (Wildman–Crippen MR) is 74.3 cm³/mol. The second kappa shape index (κ2) is 5.89. The lowest BCUT2D eigenvalue weighted by atomic mass is 9.97. The second-order valence-corrected chi connectivity index (χ2v) is 5.32. The Morgan fingerprint density at radius 3 is 2.56 bits per heavy atom. The summed E-state index contributed by atoms with van der Waals surface area (Å²) in [6.45, 7) is 2.08. The minimum Gasteiger partial charge on any atom is -0.399 e. The number of carbonyl (C=O) groups excluding carboxylic acids is 1. The molecule has 1 unspecified atom stereocenters. The van der Waals surface area contributed by atoms with Gasteiger partial charge in [0, 0.05) is 18.2 Å². The molecule has 1 aliphatic rings. The highest BCUT2D eigenvalue weighted by Gasteiger charge is 2.18. The van der Waals surface area contributed by atoms with Crippen LogP contribution in [0.3, 0.4) is 0 Å². The van der Waals surface area contributed by atoms with E-state index in [0.29, 0.717) is 12.5 Å². The first-order valence-electron chi connectivity index (χ1n) is 6.80. The highest BCUT2D eigenvalue weighted by molar-refractivity contribution is 5.77. The third-order valence-corrected chi connectivity index (χ3v) is 3.72. The van der Waals surface area contributed by atoms with Crippen LogP contribution in [0.25, 0.3) is 0 Å². The van der Waals surface area contributed by atoms with E-state index in [-0.39, 0.29) is 11.8 Å². The molecule has 1 amide bonds. The second-order valence-electron chi connectivity index (χ2n) is 5.32. The van der Waals surface area contributed by atoms with Gasteiger partial charge in [0.25, 0.3) is 0 Å². The van der Waals surface area contributed by atoms with Gasteiger partial charge in [-0.1, -0.05) is 31.9 Å². The molecule has 3 N–H and O–H groups in total. The zero-order chi connectivity index (χ0) is 13.0. The average molecular weight is 246 g/mol. The SMILES string of the molecule is CC(CC(=O)NC1CCCC1)c1ccc(N)cc1. The Morgan fingerprint density at radius 1 is 1.33 bits per heavy atom. The molecule has 0 aliphatic heterocycles. The van der Waals surface area contributed by atoms with Crippen molar-refractivity contribution < 1.29 is 4.79 Å². The van der Waals surface area contributed by atoms with E-state index in [1.54, 1.807) is 0 Å². The van der Waals surface area contributed by atoms with Gasteiger partial charge < -0.3 is 11.1 Å². The topological polar surface area (TPSA) is 55.1 Å². The van der Waals surface area contributed by atoms with Gasteiger partial charge >= 0.3 is 0 Å². The summed E-state index contributed by atoms with van der Waals surface area (Å²) in [6.07, 6.45) is 5.33. The maximum atomic E-state index is 11.9. The lowest BCUT2D eigenvalue weighted by Crippen LogP contribution is -2.33. The number of benzene rings is 1. The average Bonchev–Trinajstić information content (AvgIpc) is 2.82. The van der Waals surface area contributed by atoms with Crippen LogP contribution in [-0.2, 0) is 4.79 Å². The quantitative estimate of drug-likeness (QED) is 0.803. The highest BCUT2D eigenvalue weighted by Crippen LogP contribution is 2.21. The summed E-state index contributed by atoms with van der Waals surface area (Å²) < 4.78 is 0. The summed E-state index contributed by atoms with van der Waals surface area (Å²) in [5.41, 5.74) is 7.59. The maximum absolute atomic E-state index is 11.9. The van der Waals surface area contributed by atoms with E-state index >= 15 is 0 Å². The van der Waals surface area contributed by atoms with Gasteiger partial charge in [0.05, 0.1) is 0 Å². The van der Waals surface area contributed by atoms with Crippen molar-refractivity contribution in [3.63, 3.8) is 0 Å². The largest absolute Gasteiger partial charge is 0.399 e. The normalized spacial score (nSPS) is 17.6. The van der Waals surface area contributed by atoms with Crippen molar-refractivity contribution in [2.45, 2.75) is 51.0 Å². The maximum Gasteiger partial charge on any atom is 0.220 e. The molecule has 3 nitrogen and oxygen atoms in total. The van der Waals surface area contributed by atoms with Crippen molar-refractivity contribution in [2.75, 3.05) is 5.73 Å². The smallest absolute Gasteiger partial charge is 0.220 e. The van der Waals surface area contributed by atoms with Crippen LogP contribution in [-0.4, -0.2) is 11.9 Å². The van der Waals surface area contributed by atoms with Crippen molar-refractivity contribution in [3.05, 3.63) is 29.8 Å². The first-order valence-corrected chi connectivity index (χ1v) is 6.80. The number of nitrogens with one attached hydrogen (secondary N) is 1. The molecular formula is C15H22N2O. The molecule has 2 rings (SSSR count). The Kier molecular flexibility index (Phi) is 4.24. The summed E-state index contributed by atoms with van der Waals surface area (Å²) in [5.74, 6) is 0.415. The Morgan fingerprint density at radius 2 is 1.94 bits per heavy atom. The third-order valence-electron chi connectivity index (χ3n) is 3.72. The highest BCUT2D eigenvalue weighted by atomic mass is 16.1. The van der Waals surface area contributed by atoms with Crippen LogP contribution in [0.2, 0.25) is 0 Å². The Bertz CT molecular complexity index is 393. The van der Waals surface area contributed by atoms with Crippen molar-refractivity contribution in [1.82, 2.24) is 5.32 Å². The lowest BCUT2D eigenvalue weighted by molar-refractivity contribution is -0.122. The van der Waals surface area contributed by atoms with Crippen molar-refractivity contribution in [3.8, 4) is 0 Å². The van der Waals surface area contributed by atoms with Gasteiger partial charge in [0.15, 0.2) is 0 Å². The standard InChI is InChI=1S/C15H22N2O/c1-11(12-6-8-13(16)9-7-12)10-15(18)17-14-4-2-3-5-14/h6-9,11,14H,2-5,10,16H2,1H3,(H,17,18). The third kappa shape index (κ3) is 3.49. The summed E-state index contributed by atoms with van der Waals surface area (Å²) in [7, 11) is 0. The van der Waals surface area contributed by atoms with Crippen LogP contribution >= 0.6 is 0 Å². The fourth-order valence-corrected chi connectivity index (χ4v) is 2.58. The zero-order valence-electron chi connectivity index (χ0n) is 11.0. The molecule has 98 valence electrons. The Balaban J connectivity index is 1.84. The molecule has 1 saturated carbocycles. The van der Waals surface area contributed by atoms with Crippen LogP contribution in [0.15, 0.2) is 24.3 Å². The van der Waals surface area contributed by atoms with Gasteiger partial charge in [-0.3, -0.25) is 4.79 Å². The number of amides is 1. The number of hydrogen-bond acceptors (Lipinski definition) is 2. The molecule has 0 saturated heterocycles. The molecule has 0 spiro atoms. The number of hydrogen-bond donors (Lipinski definition) is 2. The fourth-order valence-electron chi connectivity index (χ4n) is 2.58. The Hall–Kier alpha value is -1.51. The monoisotopic (exact) mass is 246 g/mol. The molecule has 0 heterocycles. The minimum atomic E-state index is 0.172. The van der Waals surface area contributed by atoms with Crippen molar-refractivity contribution in [2.24, 2.45) is 0 Å². The fraction of sp³-hybridized carbons (Fsp3) is 0.533. The van der Waals surface area contributed by atoms with Crippen LogP contribution in [0.4, 0.5) is 5.69 Å². The van der Waals surface area contributed by atoms with Crippen LogP contribution in [0.5, 0.6) is 0 Å². The van der Waals surface area contributed by atoms with Gasteiger partial charge in [-0.2, -0.15) is 0 Å². The molecular weight excluding hydrogens is 224 g/mol. The summed E-state index contributed by atoms with van der Waals surface area (Å²) >= 11 is 0. The van der Waals surface area contributed by atoms with E-state index in [4.69, 9.17) is 5.73 Å².